The normalized spacial score (nSPS) is 19.0. The summed E-state index contributed by atoms with van der Waals surface area (Å²) in [6, 6.07) is 15.3. The fraction of sp³-hybridized carbons (Fsp3) is 0.300. The van der Waals surface area contributed by atoms with Crippen molar-refractivity contribution in [2.24, 2.45) is 0 Å². The minimum atomic E-state index is 0.267. The summed E-state index contributed by atoms with van der Waals surface area (Å²) in [7, 11) is 0. The summed E-state index contributed by atoms with van der Waals surface area (Å²) >= 11 is 6.57. The number of aryl methyl sites for hydroxylation is 1. The van der Waals surface area contributed by atoms with E-state index in [9.17, 15) is 0 Å². The molecule has 0 aromatic heterocycles. The van der Waals surface area contributed by atoms with E-state index in [0.29, 0.717) is 0 Å². The van der Waals surface area contributed by atoms with Crippen LogP contribution in [0.25, 0.3) is 6.08 Å². The lowest BCUT2D eigenvalue weighted by Crippen LogP contribution is -2.47. The van der Waals surface area contributed by atoms with E-state index in [1.54, 1.807) is 0 Å². The molecule has 3 rings (SSSR count). The van der Waals surface area contributed by atoms with E-state index in [0.717, 1.165) is 22.6 Å². The van der Waals surface area contributed by atoms with Crippen molar-refractivity contribution in [3.63, 3.8) is 0 Å². The molecule has 2 aromatic carbocycles. The lowest BCUT2D eigenvalue weighted by Gasteiger charge is -2.43. The third-order valence-electron chi connectivity index (χ3n) is 4.98. The number of benzene rings is 2. The highest BCUT2D eigenvalue weighted by Crippen LogP contribution is 2.43. The van der Waals surface area contributed by atoms with Gasteiger partial charge in [0.1, 0.15) is 6.04 Å². The van der Waals surface area contributed by atoms with E-state index in [-0.39, 0.29) is 6.04 Å². The quantitative estimate of drug-likeness (QED) is 0.649. The first-order valence-electron chi connectivity index (χ1n) is 8.02. The standard InChI is InChI=1S/C20H23ClN/c1-4-22(5-2)13-12-16-11-10-15(3)14-18(16)20(22)17-8-6-7-9-19(17)21/h6-14,20H,4-5H2,1-3H3/q+1. The zero-order valence-electron chi connectivity index (χ0n) is 13.5. The molecule has 22 heavy (non-hydrogen) atoms. The summed E-state index contributed by atoms with van der Waals surface area (Å²) in [5.41, 5.74) is 5.23. The van der Waals surface area contributed by atoms with Gasteiger partial charge >= 0.3 is 0 Å². The summed E-state index contributed by atoms with van der Waals surface area (Å²) < 4.78 is 0.917. The molecule has 114 valence electrons. The van der Waals surface area contributed by atoms with Gasteiger partial charge in [0, 0.05) is 11.1 Å². The molecular formula is C20H23ClN+. The highest BCUT2D eigenvalue weighted by Gasteiger charge is 2.39. The van der Waals surface area contributed by atoms with Gasteiger partial charge in [0.2, 0.25) is 0 Å². The Bertz CT molecular complexity index is 713. The van der Waals surface area contributed by atoms with Crippen LogP contribution in [0.2, 0.25) is 5.02 Å². The van der Waals surface area contributed by atoms with Gasteiger partial charge in [-0.1, -0.05) is 47.5 Å². The fourth-order valence-electron chi connectivity index (χ4n) is 3.62. The van der Waals surface area contributed by atoms with Crippen LogP contribution in [0.3, 0.4) is 0 Å². The van der Waals surface area contributed by atoms with Crippen LogP contribution in [0.15, 0.2) is 48.7 Å². The van der Waals surface area contributed by atoms with Crippen LogP contribution in [0.5, 0.6) is 0 Å². The van der Waals surface area contributed by atoms with Gasteiger partial charge in [0.25, 0.3) is 0 Å². The number of hydrogen-bond acceptors (Lipinski definition) is 0. The van der Waals surface area contributed by atoms with Crippen molar-refractivity contribution in [1.29, 1.82) is 0 Å². The minimum Gasteiger partial charge on any atom is -0.288 e. The zero-order chi connectivity index (χ0) is 15.7. The Balaban J connectivity index is 2.28. The predicted molar refractivity (Wildman–Crippen MR) is 94.9 cm³/mol. The number of fused-ring (bicyclic) bond motifs is 1. The summed E-state index contributed by atoms with van der Waals surface area (Å²) in [5.74, 6) is 0. The van der Waals surface area contributed by atoms with Crippen LogP contribution in [0, 0.1) is 6.92 Å². The molecule has 2 heteroatoms. The van der Waals surface area contributed by atoms with Gasteiger partial charge in [0.15, 0.2) is 0 Å². The van der Waals surface area contributed by atoms with Crippen LogP contribution in [-0.4, -0.2) is 17.6 Å². The third-order valence-corrected chi connectivity index (χ3v) is 5.32. The van der Waals surface area contributed by atoms with Crippen LogP contribution < -0.4 is 0 Å². The van der Waals surface area contributed by atoms with Crippen molar-refractivity contribution in [3.8, 4) is 0 Å². The molecule has 1 aliphatic rings. The first-order chi connectivity index (χ1) is 10.6. The summed E-state index contributed by atoms with van der Waals surface area (Å²) in [5, 5.41) is 0.861. The lowest BCUT2D eigenvalue weighted by atomic mass is 9.87. The second-order valence-corrected chi connectivity index (χ2v) is 6.51. The Hall–Kier alpha value is -1.57. The van der Waals surface area contributed by atoms with E-state index in [1.807, 2.05) is 12.1 Å². The molecule has 0 amide bonds. The van der Waals surface area contributed by atoms with Gasteiger partial charge in [-0.2, -0.15) is 0 Å². The molecule has 0 bridgehead atoms. The average molecular weight is 313 g/mol. The molecule has 0 aliphatic carbocycles. The largest absolute Gasteiger partial charge is 0.288 e. The van der Waals surface area contributed by atoms with Crippen LogP contribution >= 0.6 is 11.6 Å². The number of rotatable bonds is 3. The van der Waals surface area contributed by atoms with Crippen LogP contribution in [0.1, 0.15) is 42.1 Å². The summed E-state index contributed by atoms with van der Waals surface area (Å²) in [6.45, 7) is 8.79. The molecular weight excluding hydrogens is 290 g/mol. The molecule has 1 unspecified atom stereocenters. The monoisotopic (exact) mass is 312 g/mol. The van der Waals surface area contributed by atoms with Crippen LogP contribution in [-0.2, 0) is 0 Å². The van der Waals surface area contributed by atoms with Gasteiger partial charge in [0.05, 0.1) is 24.3 Å². The third kappa shape index (κ3) is 2.39. The van der Waals surface area contributed by atoms with E-state index >= 15 is 0 Å². The molecule has 0 N–H and O–H groups in total. The van der Waals surface area contributed by atoms with Crippen LogP contribution in [0.4, 0.5) is 0 Å². The molecule has 0 spiro atoms. The van der Waals surface area contributed by atoms with Crippen molar-refractivity contribution in [2.45, 2.75) is 26.8 Å². The first kappa shape index (κ1) is 15.3. The Labute approximate surface area is 138 Å². The van der Waals surface area contributed by atoms with Gasteiger partial charge in [-0.05, 0) is 44.5 Å². The molecule has 1 heterocycles. The van der Waals surface area contributed by atoms with Crippen molar-refractivity contribution in [1.82, 2.24) is 0 Å². The molecule has 0 fully saturated rings. The van der Waals surface area contributed by atoms with Gasteiger partial charge in [-0.25, -0.2) is 0 Å². The number of quaternary nitrogens is 1. The molecule has 0 radical (unpaired) electrons. The highest BCUT2D eigenvalue weighted by atomic mass is 35.5. The Morgan fingerprint density at radius 3 is 2.41 bits per heavy atom. The average Bonchev–Trinajstić information content (AvgIpc) is 2.54. The van der Waals surface area contributed by atoms with Crippen molar-refractivity contribution < 1.29 is 4.48 Å². The maximum absolute atomic E-state index is 6.57. The van der Waals surface area contributed by atoms with Crippen molar-refractivity contribution in [3.05, 3.63) is 75.9 Å². The number of hydrogen-bond donors (Lipinski definition) is 0. The maximum Gasteiger partial charge on any atom is 0.147 e. The van der Waals surface area contributed by atoms with Gasteiger partial charge in [-0.15, -0.1) is 0 Å². The SMILES string of the molecule is CC[N+]1(CC)C=Cc2ccc(C)cc2C1c1ccccc1Cl. The summed E-state index contributed by atoms with van der Waals surface area (Å²) in [6.07, 6.45) is 4.63. The van der Waals surface area contributed by atoms with Crippen molar-refractivity contribution in [2.75, 3.05) is 13.1 Å². The predicted octanol–water partition coefficient (Wildman–Crippen LogP) is 5.58. The lowest BCUT2D eigenvalue weighted by molar-refractivity contribution is -0.901. The Morgan fingerprint density at radius 1 is 1.00 bits per heavy atom. The molecule has 0 saturated heterocycles. The summed E-state index contributed by atoms with van der Waals surface area (Å²) in [4.78, 5) is 0. The number of halogens is 1. The van der Waals surface area contributed by atoms with Crippen molar-refractivity contribution >= 4 is 17.7 Å². The second-order valence-electron chi connectivity index (χ2n) is 6.11. The second kappa shape index (κ2) is 5.91. The zero-order valence-corrected chi connectivity index (χ0v) is 14.3. The molecule has 1 nitrogen and oxygen atoms in total. The molecule has 0 saturated carbocycles. The Kier molecular flexibility index (Phi) is 4.12. The molecule has 1 aliphatic heterocycles. The van der Waals surface area contributed by atoms with Gasteiger partial charge in [-0.3, -0.25) is 4.48 Å². The minimum absolute atomic E-state index is 0.267. The smallest absolute Gasteiger partial charge is 0.147 e. The van der Waals surface area contributed by atoms with E-state index in [2.05, 4.69) is 63.4 Å². The number of nitrogens with zero attached hydrogens (tertiary/aromatic N) is 1. The van der Waals surface area contributed by atoms with E-state index < -0.39 is 0 Å². The topological polar surface area (TPSA) is 0 Å². The molecule has 2 aromatic rings. The van der Waals surface area contributed by atoms with E-state index in [1.165, 1.54) is 22.3 Å². The van der Waals surface area contributed by atoms with Gasteiger partial charge < -0.3 is 0 Å². The Morgan fingerprint density at radius 2 is 1.73 bits per heavy atom. The highest BCUT2D eigenvalue weighted by molar-refractivity contribution is 6.31. The maximum atomic E-state index is 6.57. The van der Waals surface area contributed by atoms with E-state index in [4.69, 9.17) is 11.6 Å². The fourth-order valence-corrected chi connectivity index (χ4v) is 3.85. The molecule has 1 atom stereocenters. The first-order valence-corrected chi connectivity index (χ1v) is 8.39.